The van der Waals surface area contributed by atoms with Crippen LogP contribution >= 0.6 is 0 Å². The van der Waals surface area contributed by atoms with Gasteiger partial charge in [-0.15, -0.1) is 0 Å². The fourth-order valence-electron chi connectivity index (χ4n) is 1.48. The third-order valence-electron chi connectivity index (χ3n) is 2.34. The molecule has 0 aliphatic rings. The molecule has 2 N–H and O–H groups in total. The van der Waals surface area contributed by atoms with E-state index in [2.05, 4.69) is 0 Å². The molecular formula is C14H17F2NO3. The summed E-state index contributed by atoms with van der Waals surface area (Å²) in [6.45, 7) is 4.98. The molecule has 0 aliphatic heterocycles. The van der Waals surface area contributed by atoms with Crippen molar-refractivity contribution in [3.05, 3.63) is 35.4 Å². The van der Waals surface area contributed by atoms with E-state index in [1.807, 2.05) is 0 Å². The van der Waals surface area contributed by atoms with E-state index in [0.717, 1.165) is 18.2 Å². The highest BCUT2D eigenvalue weighted by Gasteiger charge is 2.25. The highest BCUT2D eigenvalue weighted by atomic mass is 19.1. The Balaban J connectivity index is 2.75. The highest BCUT2D eigenvalue weighted by molar-refractivity contribution is 5.99. The Morgan fingerprint density at radius 3 is 2.45 bits per heavy atom. The van der Waals surface area contributed by atoms with E-state index >= 15 is 0 Å². The Morgan fingerprint density at radius 1 is 1.30 bits per heavy atom. The Morgan fingerprint density at radius 2 is 1.90 bits per heavy atom. The van der Waals surface area contributed by atoms with Crippen LogP contribution in [-0.4, -0.2) is 23.4 Å². The van der Waals surface area contributed by atoms with Crippen molar-refractivity contribution >= 4 is 11.8 Å². The third kappa shape index (κ3) is 4.70. The van der Waals surface area contributed by atoms with Crippen LogP contribution in [0.2, 0.25) is 0 Å². The minimum Gasteiger partial charge on any atom is -0.459 e. The van der Waals surface area contributed by atoms with Gasteiger partial charge in [0.05, 0.1) is 5.56 Å². The molecule has 0 fully saturated rings. The normalized spacial score (nSPS) is 12.9. The van der Waals surface area contributed by atoms with Gasteiger partial charge in [0.15, 0.2) is 5.78 Å². The first-order valence-electron chi connectivity index (χ1n) is 6.07. The molecule has 1 atom stereocenters. The van der Waals surface area contributed by atoms with E-state index in [9.17, 15) is 18.4 Å². The molecule has 0 saturated carbocycles. The molecule has 0 heterocycles. The van der Waals surface area contributed by atoms with Gasteiger partial charge >= 0.3 is 5.97 Å². The summed E-state index contributed by atoms with van der Waals surface area (Å²) in [5, 5.41) is 0. The van der Waals surface area contributed by atoms with Crippen LogP contribution in [0.25, 0.3) is 0 Å². The predicted molar refractivity (Wildman–Crippen MR) is 69.1 cm³/mol. The smallest absolute Gasteiger partial charge is 0.323 e. The number of ether oxygens (including phenoxy) is 1. The SMILES string of the molecule is CC(C)(C)OC(=O)C(N)CC(=O)c1cc(F)ccc1F. The molecule has 0 aliphatic carbocycles. The number of carbonyl (C=O) groups is 2. The lowest BCUT2D eigenvalue weighted by Gasteiger charge is -2.21. The van der Waals surface area contributed by atoms with Crippen molar-refractivity contribution in [2.24, 2.45) is 5.73 Å². The molecular weight excluding hydrogens is 268 g/mol. The van der Waals surface area contributed by atoms with Crippen LogP contribution in [0.3, 0.4) is 0 Å². The second kappa shape index (κ2) is 6.09. The van der Waals surface area contributed by atoms with Crippen LogP contribution in [-0.2, 0) is 9.53 Å². The van der Waals surface area contributed by atoms with Crippen LogP contribution in [0, 0.1) is 11.6 Å². The van der Waals surface area contributed by atoms with Gasteiger partial charge in [-0.25, -0.2) is 8.78 Å². The average Bonchev–Trinajstić information content (AvgIpc) is 2.29. The van der Waals surface area contributed by atoms with Gasteiger partial charge in [0.1, 0.15) is 23.3 Å². The number of hydrogen-bond donors (Lipinski definition) is 1. The van der Waals surface area contributed by atoms with E-state index < -0.39 is 47.0 Å². The zero-order valence-corrected chi connectivity index (χ0v) is 11.6. The van der Waals surface area contributed by atoms with Crippen LogP contribution in [0.4, 0.5) is 8.78 Å². The number of ketones is 1. The summed E-state index contributed by atoms with van der Waals surface area (Å²) >= 11 is 0. The molecule has 20 heavy (non-hydrogen) atoms. The maximum atomic E-state index is 13.4. The van der Waals surface area contributed by atoms with Crippen molar-refractivity contribution in [2.75, 3.05) is 0 Å². The molecule has 1 aromatic carbocycles. The Bertz CT molecular complexity index is 524. The third-order valence-corrected chi connectivity index (χ3v) is 2.34. The lowest BCUT2D eigenvalue weighted by Crippen LogP contribution is -2.38. The molecule has 0 amide bonds. The molecule has 4 nitrogen and oxygen atoms in total. The van der Waals surface area contributed by atoms with Crippen molar-refractivity contribution in [3.63, 3.8) is 0 Å². The molecule has 1 unspecified atom stereocenters. The van der Waals surface area contributed by atoms with Gasteiger partial charge in [0.25, 0.3) is 0 Å². The topological polar surface area (TPSA) is 69.4 Å². The van der Waals surface area contributed by atoms with Gasteiger partial charge in [-0.05, 0) is 39.0 Å². The van der Waals surface area contributed by atoms with E-state index in [1.54, 1.807) is 20.8 Å². The first-order valence-corrected chi connectivity index (χ1v) is 6.07. The molecule has 6 heteroatoms. The van der Waals surface area contributed by atoms with Crippen LogP contribution < -0.4 is 5.73 Å². The van der Waals surface area contributed by atoms with Crippen molar-refractivity contribution in [1.82, 2.24) is 0 Å². The minimum atomic E-state index is -1.22. The summed E-state index contributed by atoms with van der Waals surface area (Å²) < 4.78 is 31.4. The molecule has 1 rings (SSSR count). The lowest BCUT2D eigenvalue weighted by molar-refractivity contribution is -0.156. The summed E-state index contributed by atoms with van der Waals surface area (Å²) in [5.41, 5.74) is 4.38. The van der Waals surface area contributed by atoms with Gasteiger partial charge < -0.3 is 10.5 Å². The van der Waals surface area contributed by atoms with Gasteiger partial charge in [-0.1, -0.05) is 0 Å². The lowest BCUT2D eigenvalue weighted by atomic mass is 10.0. The Kier molecular flexibility index (Phi) is 4.94. The van der Waals surface area contributed by atoms with E-state index in [4.69, 9.17) is 10.5 Å². The average molecular weight is 285 g/mol. The number of nitrogens with two attached hydrogens (primary N) is 1. The van der Waals surface area contributed by atoms with Crippen molar-refractivity contribution in [2.45, 2.75) is 38.8 Å². The number of hydrogen-bond acceptors (Lipinski definition) is 4. The molecule has 0 aromatic heterocycles. The summed E-state index contributed by atoms with van der Waals surface area (Å²) in [7, 11) is 0. The van der Waals surface area contributed by atoms with E-state index in [1.165, 1.54) is 0 Å². The van der Waals surface area contributed by atoms with Crippen LogP contribution in [0.15, 0.2) is 18.2 Å². The maximum Gasteiger partial charge on any atom is 0.323 e. The minimum absolute atomic E-state index is 0.427. The van der Waals surface area contributed by atoms with Crippen LogP contribution in [0.5, 0.6) is 0 Å². The van der Waals surface area contributed by atoms with Gasteiger partial charge in [0, 0.05) is 6.42 Å². The number of Topliss-reactive ketones (excluding diaryl/α,β-unsaturated/α-hetero) is 1. The summed E-state index contributed by atoms with van der Waals surface area (Å²) in [6, 6.07) is 1.31. The fourth-order valence-corrected chi connectivity index (χ4v) is 1.48. The first-order chi connectivity index (χ1) is 9.10. The molecule has 0 saturated heterocycles. The molecule has 0 spiro atoms. The van der Waals surface area contributed by atoms with Crippen molar-refractivity contribution < 1.29 is 23.1 Å². The number of carbonyl (C=O) groups excluding carboxylic acids is 2. The first kappa shape index (κ1) is 16.2. The number of halogens is 2. The van der Waals surface area contributed by atoms with Gasteiger partial charge in [-0.3, -0.25) is 9.59 Å². The van der Waals surface area contributed by atoms with Gasteiger partial charge in [-0.2, -0.15) is 0 Å². The monoisotopic (exact) mass is 285 g/mol. The fraction of sp³-hybridized carbons (Fsp3) is 0.429. The standard InChI is InChI=1S/C14H17F2NO3/c1-14(2,3)20-13(19)11(17)7-12(18)9-6-8(15)4-5-10(9)16/h4-6,11H,7,17H2,1-3H3. The number of esters is 1. The van der Waals surface area contributed by atoms with Crippen molar-refractivity contribution in [3.8, 4) is 0 Å². The maximum absolute atomic E-state index is 13.4. The Hall–Kier alpha value is -1.82. The number of benzene rings is 1. The molecule has 0 radical (unpaired) electrons. The summed E-state index contributed by atoms with van der Waals surface area (Å²) in [5.74, 6) is -3.10. The summed E-state index contributed by atoms with van der Waals surface area (Å²) in [4.78, 5) is 23.4. The largest absolute Gasteiger partial charge is 0.459 e. The van der Waals surface area contributed by atoms with E-state index in [-0.39, 0.29) is 0 Å². The van der Waals surface area contributed by atoms with Gasteiger partial charge in [0.2, 0.25) is 0 Å². The zero-order valence-electron chi connectivity index (χ0n) is 11.6. The second-order valence-electron chi connectivity index (χ2n) is 5.39. The Labute approximate surface area is 115 Å². The van der Waals surface area contributed by atoms with Crippen molar-refractivity contribution in [1.29, 1.82) is 0 Å². The predicted octanol–water partition coefficient (Wildman–Crippen LogP) is 2.21. The summed E-state index contributed by atoms with van der Waals surface area (Å²) in [6.07, 6.45) is -0.449. The highest BCUT2D eigenvalue weighted by Crippen LogP contribution is 2.14. The molecule has 1 aromatic rings. The zero-order chi connectivity index (χ0) is 15.5. The van der Waals surface area contributed by atoms with Crippen LogP contribution in [0.1, 0.15) is 37.6 Å². The second-order valence-corrected chi connectivity index (χ2v) is 5.39. The quantitative estimate of drug-likeness (QED) is 0.680. The number of rotatable bonds is 4. The van der Waals surface area contributed by atoms with E-state index in [0.29, 0.717) is 0 Å². The molecule has 110 valence electrons. The molecule has 0 bridgehead atoms.